The molecule has 3 aromatic carbocycles. The molecule has 0 radical (unpaired) electrons. The van der Waals surface area contributed by atoms with Crippen molar-refractivity contribution in [2.24, 2.45) is 0 Å². The second-order valence-corrected chi connectivity index (χ2v) is 7.35. The molecule has 9 nitrogen and oxygen atoms in total. The molecule has 10 heteroatoms. The Labute approximate surface area is 194 Å². The van der Waals surface area contributed by atoms with Crippen LogP contribution in [0.1, 0.15) is 5.56 Å². The monoisotopic (exact) mass is 464 g/mol. The molecule has 33 heavy (non-hydrogen) atoms. The van der Waals surface area contributed by atoms with E-state index in [0.717, 1.165) is 16.8 Å². The zero-order chi connectivity index (χ0) is 23.4. The van der Waals surface area contributed by atoms with Crippen LogP contribution in [0.15, 0.2) is 66.7 Å². The first kappa shape index (κ1) is 22.0. The molecule has 0 fully saturated rings. The molecular formula is C23H20N4O5S. The highest BCUT2D eigenvalue weighted by Gasteiger charge is 2.16. The predicted octanol–water partition coefficient (Wildman–Crippen LogP) is 5.10. The van der Waals surface area contributed by atoms with E-state index in [-0.39, 0.29) is 12.3 Å². The maximum atomic E-state index is 10.8. The highest BCUT2D eigenvalue weighted by Crippen LogP contribution is 2.31. The number of methoxy groups -OCH3 is 2. The first-order valence-corrected chi connectivity index (χ1v) is 10.3. The summed E-state index contributed by atoms with van der Waals surface area (Å²) in [7, 11) is 3.17. The molecule has 1 N–H and O–H groups in total. The fourth-order valence-corrected chi connectivity index (χ4v) is 3.55. The summed E-state index contributed by atoms with van der Waals surface area (Å²) < 4.78 is 18.8. The Morgan fingerprint density at radius 1 is 1.03 bits per heavy atom. The molecule has 1 aromatic heterocycles. The summed E-state index contributed by atoms with van der Waals surface area (Å²) in [4.78, 5) is 10.4. The van der Waals surface area contributed by atoms with Crippen LogP contribution in [-0.4, -0.2) is 33.9 Å². The number of aromatic amines is 1. The summed E-state index contributed by atoms with van der Waals surface area (Å²) in [5.41, 5.74) is 2.46. The number of ether oxygens (including phenoxy) is 3. The molecule has 0 atom stereocenters. The van der Waals surface area contributed by atoms with Gasteiger partial charge in [0.05, 0.1) is 24.8 Å². The van der Waals surface area contributed by atoms with E-state index in [2.05, 4.69) is 10.2 Å². The van der Waals surface area contributed by atoms with Gasteiger partial charge >= 0.3 is 0 Å². The smallest absolute Gasteiger partial charge is 0.269 e. The molecule has 0 aliphatic heterocycles. The predicted molar refractivity (Wildman–Crippen MR) is 125 cm³/mol. The van der Waals surface area contributed by atoms with Crippen LogP contribution in [0, 0.1) is 14.9 Å². The van der Waals surface area contributed by atoms with Crippen LogP contribution in [0.4, 0.5) is 5.69 Å². The number of hydrogen-bond acceptors (Lipinski definition) is 7. The van der Waals surface area contributed by atoms with Crippen molar-refractivity contribution < 1.29 is 19.1 Å². The summed E-state index contributed by atoms with van der Waals surface area (Å²) in [6.45, 7) is 0.280. The Kier molecular flexibility index (Phi) is 6.36. The third-order valence-corrected chi connectivity index (χ3v) is 5.21. The van der Waals surface area contributed by atoms with Crippen LogP contribution in [-0.2, 0) is 6.61 Å². The van der Waals surface area contributed by atoms with Gasteiger partial charge in [-0.2, -0.15) is 5.10 Å². The van der Waals surface area contributed by atoms with E-state index in [4.69, 9.17) is 26.4 Å². The van der Waals surface area contributed by atoms with Gasteiger partial charge < -0.3 is 14.2 Å². The van der Waals surface area contributed by atoms with Crippen molar-refractivity contribution in [2.75, 3.05) is 14.2 Å². The van der Waals surface area contributed by atoms with Crippen LogP contribution in [0.2, 0.25) is 0 Å². The molecule has 0 amide bonds. The standard InChI is InChI=1S/C23H20N4O5S/c1-30-19-10-11-20(21(13-19)31-2)26-22(24-25-23(26)33)16-5-3-4-15(12-16)14-32-18-8-6-17(7-9-18)27(28)29/h3-13H,14H2,1-2H3,(H,25,33). The van der Waals surface area contributed by atoms with E-state index in [9.17, 15) is 10.1 Å². The van der Waals surface area contributed by atoms with Gasteiger partial charge in [-0.3, -0.25) is 19.8 Å². The minimum Gasteiger partial charge on any atom is -0.497 e. The van der Waals surface area contributed by atoms with Crippen LogP contribution in [0.3, 0.4) is 0 Å². The number of aromatic nitrogens is 3. The summed E-state index contributed by atoms with van der Waals surface area (Å²) in [6.07, 6.45) is 0. The number of nitro benzene ring substituents is 1. The fraction of sp³-hybridized carbons (Fsp3) is 0.130. The van der Waals surface area contributed by atoms with Crippen molar-refractivity contribution in [3.8, 4) is 34.3 Å². The minimum absolute atomic E-state index is 0.0149. The number of rotatable bonds is 8. The van der Waals surface area contributed by atoms with Gasteiger partial charge in [0.15, 0.2) is 10.6 Å². The summed E-state index contributed by atoms with van der Waals surface area (Å²) in [5, 5.41) is 18.1. The van der Waals surface area contributed by atoms with Crippen molar-refractivity contribution in [1.29, 1.82) is 0 Å². The molecule has 0 saturated carbocycles. The van der Waals surface area contributed by atoms with Gasteiger partial charge in [-0.15, -0.1) is 0 Å². The van der Waals surface area contributed by atoms with Gasteiger partial charge in [-0.25, -0.2) is 0 Å². The molecule has 0 spiro atoms. The Morgan fingerprint density at radius 2 is 1.79 bits per heavy atom. The largest absolute Gasteiger partial charge is 0.497 e. The van der Waals surface area contributed by atoms with Crippen LogP contribution in [0.25, 0.3) is 17.1 Å². The molecule has 4 rings (SSSR count). The molecule has 0 aliphatic carbocycles. The summed E-state index contributed by atoms with van der Waals surface area (Å²) >= 11 is 5.49. The number of hydrogen-bond donors (Lipinski definition) is 1. The second-order valence-electron chi connectivity index (χ2n) is 6.97. The lowest BCUT2D eigenvalue weighted by molar-refractivity contribution is -0.384. The normalized spacial score (nSPS) is 10.6. The molecule has 0 unspecified atom stereocenters. The van der Waals surface area contributed by atoms with Gasteiger partial charge in [0.25, 0.3) is 5.69 Å². The molecule has 0 saturated heterocycles. The Morgan fingerprint density at radius 3 is 2.48 bits per heavy atom. The van der Waals surface area contributed by atoms with Crippen molar-refractivity contribution >= 4 is 17.9 Å². The molecule has 4 aromatic rings. The molecule has 168 valence electrons. The Balaban J connectivity index is 1.62. The van der Waals surface area contributed by atoms with Crippen molar-refractivity contribution in [3.63, 3.8) is 0 Å². The molecule has 1 heterocycles. The molecular weight excluding hydrogens is 444 g/mol. The van der Waals surface area contributed by atoms with Crippen molar-refractivity contribution in [2.45, 2.75) is 6.61 Å². The third-order valence-electron chi connectivity index (χ3n) is 4.94. The van der Waals surface area contributed by atoms with E-state index < -0.39 is 4.92 Å². The average Bonchev–Trinajstić information content (AvgIpc) is 3.23. The third kappa shape index (κ3) is 4.70. The Hall–Kier alpha value is -4.18. The van der Waals surface area contributed by atoms with Crippen LogP contribution >= 0.6 is 12.2 Å². The SMILES string of the molecule is COc1ccc(-n2c(-c3cccc(COc4ccc([N+](=O)[O-])cc4)c3)n[nH]c2=S)c(OC)c1. The maximum Gasteiger partial charge on any atom is 0.269 e. The van der Waals surface area contributed by atoms with Gasteiger partial charge in [0.1, 0.15) is 23.9 Å². The molecule has 0 aliphatic rings. The number of nitro groups is 1. The number of benzene rings is 3. The quantitative estimate of drug-likeness (QED) is 0.220. The van der Waals surface area contributed by atoms with E-state index >= 15 is 0 Å². The zero-order valence-corrected chi connectivity index (χ0v) is 18.7. The Bertz CT molecular complexity index is 1350. The van der Waals surface area contributed by atoms with Crippen molar-refractivity contribution in [3.05, 3.63) is 87.2 Å². The van der Waals surface area contributed by atoms with Crippen LogP contribution < -0.4 is 14.2 Å². The highest BCUT2D eigenvalue weighted by atomic mass is 32.1. The topological polar surface area (TPSA) is 104 Å². The molecule has 0 bridgehead atoms. The van der Waals surface area contributed by atoms with Gasteiger partial charge in [-0.1, -0.05) is 18.2 Å². The number of non-ortho nitro benzene ring substituents is 1. The van der Waals surface area contributed by atoms with Gasteiger partial charge in [-0.05, 0) is 48.1 Å². The highest BCUT2D eigenvalue weighted by molar-refractivity contribution is 7.71. The van der Waals surface area contributed by atoms with E-state index in [0.29, 0.717) is 27.8 Å². The average molecular weight is 465 g/mol. The number of nitrogens with one attached hydrogen (secondary N) is 1. The lowest BCUT2D eigenvalue weighted by Gasteiger charge is -2.13. The minimum atomic E-state index is -0.447. The maximum absolute atomic E-state index is 10.8. The number of H-pyrrole nitrogens is 1. The number of nitrogens with zero attached hydrogens (tertiary/aromatic N) is 3. The summed E-state index contributed by atoms with van der Waals surface area (Å²) in [5.74, 6) is 2.40. The zero-order valence-electron chi connectivity index (χ0n) is 17.8. The fourth-order valence-electron chi connectivity index (χ4n) is 3.31. The van der Waals surface area contributed by atoms with Crippen molar-refractivity contribution in [1.82, 2.24) is 14.8 Å². The van der Waals surface area contributed by atoms with E-state index in [1.54, 1.807) is 37.0 Å². The first-order chi connectivity index (χ1) is 16.0. The van der Waals surface area contributed by atoms with Gasteiger partial charge in [0.2, 0.25) is 0 Å². The first-order valence-electron chi connectivity index (χ1n) is 9.86. The second kappa shape index (κ2) is 9.53. The van der Waals surface area contributed by atoms with Crippen LogP contribution in [0.5, 0.6) is 17.2 Å². The van der Waals surface area contributed by atoms with E-state index in [1.165, 1.54) is 12.1 Å². The lowest BCUT2D eigenvalue weighted by atomic mass is 10.1. The van der Waals surface area contributed by atoms with Gasteiger partial charge in [0, 0.05) is 23.8 Å². The van der Waals surface area contributed by atoms with E-state index in [1.807, 2.05) is 36.4 Å². The lowest BCUT2D eigenvalue weighted by Crippen LogP contribution is -2.02. The summed E-state index contributed by atoms with van der Waals surface area (Å²) in [6, 6.07) is 19.1.